The molecule has 1 aromatic heterocycles. The van der Waals surface area contributed by atoms with Crippen LogP contribution >= 0.6 is 11.3 Å². The summed E-state index contributed by atoms with van der Waals surface area (Å²) in [6, 6.07) is 53.0. The first-order valence-corrected chi connectivity index (χ1v) is 14.2. The number of hydrogen-bond donors (Lipinski definition) is 1. The van der Waals surface area contributed by atoms with Crippen molar-refractivity contribution in [2.45, 2.75) is 5.41 Å². The zero-order chi connectivity index (χ0) is 25.8. The van der Waals surface area contributed by atoms with Crippen molar-refractivity contribution in [1.82, 2.24) is 0 Å². The highest BCUT2D eigenvalue weighted by Gasteiger charge is 2.45. The topological polar surface area (TPSA) is 12.0 Å². The summed E-state index contributed by atoms with van der Waals surface area (Å²) in [6.45, 7) is 0. The number of benzene rings is 6. The summed E-state index contributed by atoms with van der Waals surface area (Å²) in [4.78, 5) is 0. The monoisotopic (exact) mass is 515 g/mol. The Morgan fingerprint density at radius 2 is 1.05 bits per heavy atom. The molecule has 0 fully saturated rings. The number of nitrogens with one attached hydrogen (secondary N) is 1. The van der Waals surface area contributed by atoms with E-state index in [0.29, 0.717) is 0 Å². The molecular weight excluding hydrogens is 490 g/mol. The van der Waals surface area contributed by atoms with E-state index in [4.69, 9.17) is 0 Å². The zero-order valence-corrected chi connectivity index (χ0v) is 22.1. The van der Waals surface area contributed by atoms with Crippen molar-refractivity contribution in [3.05, 3.63) is 168 Å². The minimum atomic E-state index is -0.365. The predicted octanol–water partition coefficient (Wildman–Crippen LogP) is 10.2. The van der Waals surface area contributed by atoms with E-state index in [1.807, 2.05) is 11.3 Å². The van der Waals surface area contributed by atoms with Gasteiger partial charge < -0.3 is 5.32 Å². The van der Waals surface area contributed by atoms with Crippen LogP contribution in [0.1, 0.15) is 22.3 Å². The Labute approximate surface area is 232 Å². The lowest BCUT2D eigenvalue weighted by atomic mass is 9.68. The van der Waals surface area contributed by atoms with E-state index < -0.39 is 0 Å². The summed E-state index contributed by atoms with van der Waals surface area (Å²) in [5.41, 5.74) is 9.74. The van der Waals surface area contributed by atoms with E-state index in [2.05, 4.69) is 151 Å². The number of fused-ring (bicyclic) bond motifs is 6. The summed E-state index contributed by atoms with van der Waals surface area (Å²) in [5, 5.41) is 6.34. The summed E-state index contributed by atoms with van der Waals surface area (Å²) < 4.78 is 2.63. The highest BCUT2D eigenvalue weighted by Crippen LogP contribution is 2.56. The van der Waals surface area contributed by atoms with Gasteiger partial charge in [-0.3, -0.25) is 0 Å². The van der Waals surface area contributed by atoms with E-state index in [9.17, 15) is 0 Å². The molecule has 0 saturated carbocycles. The predicted molar refractivity (Wildman–Crippen MR) is 166 cm³/mol. The molecule has 8 rings (SSSR count). The SMILES string of the molecule is c1ccc(C2(c3ccc(Nc4cccc5sc6ccccc6c45)cc3)c3ccccc3-c3ccccc32)cc1. The second kappa shape index (κ2) is 8.69. The van der Waals surface area contributed by atoms with Gasteiger partial charge in [0.25, 0.3) is 0 Å². The molecule has 1 N–H and O–H groups in total. The Morgan fingerprint density at radius 3 is 1.79 bits per heavy atom. The van der Waals surface area contributed by atoms with Gasteiger partial charge in [-0.05, 0) is 63.7 Å². The molecule has 39 heavy (non-hydrogen) atoms. The molecule has 0 atom stereocenters. The Bertz CT molecular complexity index is 1940. The van der Waals surface area contributed by atoms with Crippen LogP contribution in [-0.4, -0.2) is 0 Å². The van der Waals surface area contributed by atoms with Crippen molar-refractivity contribution in [2.75, 3.05) is 5.32 Å². The average Bonchev–Trinajstić information content (AvgIpc) is 3.53. The van der Waals surface area contributed by atoms with E-state index >= 15 is 0 Å². The molecule has 0 unspecified atom stereocenters. The fraction of sp³-hybridized carbons (Fsp3) is 0.0270. The van der Waals surface area contributed by atoms with Gasteiger partial charge in [0.05, 0.1) is 5.41 Å². The van der Waals surface area contributed by atoms with Crippen LogP contribution in [0, 0.1) is 0 Å². The normalized spacial score (nSPS) is 13.3. The van der Waals surface area contributed by atoms with Crippen LogP contribution in [0.25, 0.3) is 31.3 Å². The van der Waals surface area contributed by atoms with Crippen LogP contribution in [0.4, 0.5) is 11.4 Å². The largest absolute Gasteiger partial charge is 0.355 e. The van der Waals surface area contributed by atoms with Gasteiger partial charge in [0.2, 0.25) is 0 Å². The van der Waals surface area contributed by atoms with E-state index in [0.717, 1.165) is 11.4 Å². The molecule has 1 aliphatic carbocycles. The number of thiophene rings is 1. The van der Waals surface area contributed by atoms with E-state index in [1.165, 1.54) is 53.6 Å². The van der Waals surface area contributed by atoms with Gasteiger partial charge in [-0.15, -0.1) is 11.3 Å². The smallest absolute Gasteiger partial charge is 0.0713 e. The summed E-state index contributed by atoms with van der Waals surface area (Å²) in [7, 11) is 0. The minimum absolute atomic E-state index is 0.365. The third kappa shape index (κ3) is 3.25. The maximum absolute atomic E-state index is 3.74. The van der Waals surface area contributed by atoms with Gasteiger partial charge in [-0.2, -0.15) is 0 Å². The molecule has 7 aromatic rings. The lowest BCUT2D eigenvalue weighted by Crippen LogP contribution is -2.28. The lowest BCUT2D eigenvalue weighted by Gasteiger charge is -2.34. The molecule has 6 aromatic carbocycles. The molecule has 1 nitrogen and oxygen atoms in total. The average molecular weight is 516 g/mol. The summed E-state index contributed by atoms with van der Waals surface area (Å²) in [5.74, 6) is 0. The molecule has 0 aliphatic heterocycles. The molecule has 0 saturated heterocycles. The third-order valence-corrected chi connectivity index (χ3v) is 9.29. The van der Waals surface area contributed by atoms with Gasteiger partial charge >= 0.3 is 0 Å². The summed E-state index contributed by atoms with van der Waals surface area (Å²) in [6.07, 6.45) is 0. The Balaban J connectivity index is 1.28. The van der Waals surface area contributed by atoms with Crippen LogP contribution in [0.2, 0.25) is 0 Å². The van der Waals surface area contributed by atoms with Crippen LogP contribution in [0.15, 0.2) is 146 Å². The molecule has 184 valence electrons. The summed E-state index contributed by atoms with van der Waals surface area (Å²) >= 11 is 1.85. The fourth-order valence-corrected chi connectivity index (χ4v) is 7.68. The Kier molecular flexibility index (Phi) is 4.98. The molecular formula is C37H25NS. The maximum Gasteiger partial charge on any atom is 0.0713 e. The molecule has 0 amide bonds. The standard InChI is InChI=1S/C37H25NS/c1-2-11-25(12-3-1)37(31-16-7-4-13-28(31)29-14-5-8-17-32(29)37)26-21-23-27(24-22-26)38-33-18-10-20-35-36(33)30-15-6-9-19-34(30)39-35/h1-24,38H. The van der Waals surface area contributed by atoms with Gasteiger partial charge in [0.15, 0.2) is 0 Å². The first-order valence-electron chi connectivity index (χ1n) is 13.4. The van der Waals surface area contributed by atoms with Crippen LogP contribution in [0.5, 0.6) is 0 Å². The third-order valence-electron chi connectivity index (χ3n) is 8.16. The molecule has 0 radical (unpaired) electrons. The van der Waals surface area contributed by atoms with Gasteiger partial charge in [-0.1, -0.05) is 115 Å². The van der Waals surface area contributed by atoms with Crippen molar-refractivity contribution >= 4 is 42.9 Å². The fourth-order valence-electron chi connectivity index (χ4n) is 6.55. The number of anilines is 2. The van der Waals surface area contributed by atoms with Crippen molar-refractivity contribution < 1.29 is 0 Å². The van der Waals surface area contributed by atoms with Crippen molar-refractivity contribution in [1.29, 1.82) is 0 Å². The minimum Gasteiger partial charge on any atom is -0.355 e. The second-order valence-electron chi connectivity index (χ2n) is 10.2. The molecule has 0 bridgehead atoms. The van der Waals surface area contributed by atoms with E-state index in [1.54, 1.807) is 0 Å². The van der Waals surface area contributed by atoms with Crippen molar-refractivity contribution in [3.8, 4) is 11.1 Å². The molecule has 1 heterocycles. The highest BCUT2D eigenvalue weighted by atomic mass is 32.1. The Morgan fingerprint density at radius 1 is 0.462 bits per heavy atom. The maximum atomic E-state index is 3.74. The highest BCUT2D eigenvalue weighted by molar-refractivity contribution is 7.25. The van der Waals surface area contributed by atoms with Crippen molar-refractivity contribution in [2.24, 2.45) is 0 Å². The van der Waals surface area contributed by atoms with Crippen LogP contribution in [0.3, 0.4) is 0 Å². The second-order valence-corrected chi connectivity index (χ2v) is 11.3. The molecule has 0 spiro atoms. The lowest BCUT2D eigenvalue weighted by molar-refractivity contribution is 0.768. The quantitative estimate of drug-likeness (QED) is 0.246. The first kappa shape index (κ1) is 22.3. The number of rotatable bonds is 4. The van der Waals surface area contributed by atoms with Crippen LogP contribution < -0.4 is 5.32 Å². The van der Waals surface area contributed by atoms with E-state index in [-0.39, 0.29) is 5.41 Å². The Hall–Kier alpha value is -4.66. The van der Waals surface area contributed by atoms with Crippen LogP contribution in [-0.2, 0) is 5.41 Å². The van der Waals surface area contributed by atoms with Gasteiger partial charge in [0, 0.05) is 31.5 Å². The molecule has 2 heteroatoms. The van der Waals surface area contributed by atoms with Gasteiger partial charge in [0.1, 0.15) is 0 Å². The zero-order valence-electron chi connectivity index (χ0n) is 21.3. The van der Waals surface area contributed by atoms with Crippen molar-refractivity contribution in [3.63, 3.8) is 0 Å². The number of hydrogen-bond acceptors (Lipinski definition) is 2. The van der Waals surface area contributed by atoms with Gasteiger partial charge in [-0.25, -0.2) is 0 Å². The molecule has 1 aliphatic rings. The first-order chi connectivity index (χ1) is 19.3.